The molecule has 0 spiro atoms. The van der Waals surface area contributed by atoms with Crippen LogP contribution in [-0.4, -0.2) is 28.3 Å². The van der Waals surface area contributed by atoms with Gasteiger partial charge in [-0.15, -0.1) is 11.3 Å². The lowest BCUT2D eigenvalue weighted by Crippen LogP contribution is -2.22. The minimum Gasteiger partial charge on any atom is -0.484 e. The Morgan fingerprint density at radius 3 is 2.54 bits per heavy atom. The summed E-state index contributed by atoms with van der Waals surface area (Å²) in [6.45, 7) is -0.319. The molecule has 0 radical (unpaired) electrons. The SMILES string of the molecule is O=C(COc1ccc([N+](=O)[O-])cc1)Nc1ccccc1C(=O)Nc1nccs1. The van der Waals surface area contributed by atoms with Crippen LogP contribution in [0.5, 0.6) is 5.75 Å². The zero-order valence-electron chi connectivity index (χ0n) is 14.3. The number of para-hydroxylation sites is 1. The van der Waals surface area contributed by atoms with Gasteiger partial charge in [0.25, 0.3) is 17.5 Å². The fourth-order valence-corrected chi connectivity index (χ4v) is 2.76. The number of amides is 2. The molecule has 9 nitrogen and oxygen atoms in total. The van der Waals surface area contributed by atoms with Crippen molar-refractivity contribution >= 4 is 39.7 Å². The zero-order chi connectivity index (χ0) is 19.9. The minimum atomic E-state index is -0.524. The molecule has 0 atom stereocenters. The second kappa shape index (κ2) is 8.73. The number of nitrogens with zero attached hydrogens (tertiary/aromatic N) is 2. The molecule has 2 N–H and O–H groups in total. The van der Waals surface area contributed by atoms with Gasteiger partial charge in [-0.3, -0.25) is 25.0 Å². The molecule has 1 heterocycles. The first kappa shape index (κ1) is 19.0. The van der Waals surface area contributed by atoms with Crippen molar-refractivity contribution in [3.05, 3.63) is 75.8 Å². The standard InChI is InChI=1S/C18H14N4O5S/c23-16(11-27-13-7-5-12(6-8-13)22(25)26)20-15-4-2-1-3-14(15)17(24)21-18-19-9-10-28-18/h1-10H,11H2,(H,20,23)(H,19,21,24). The number of benzene rings is 2. The van der Waals surface area contributed by atoms with E-state index in [1.165, 1.54) is 35.6 Å². The van der Waals surface area contributed by atoms with Gasteiger partial charge in [-0.1, -0.05) is 12.1 Å². The number of carbonyl (C=O) groups excluding carboxylic acids is 2. The van der Waals surface area contributed by atoms with Crippen LogP contribution in [0.15, 0.2) is 60.1 Å². The lowest BCUT2D eigenvalue weighted by Gasteiger charge is -2.11. The number of hydrogen-bond donors (Lipinski definition) is 2. The van der Waals surface area contributed by atoms with Crippen LogP contribution in [0.4, 0.5) is 16.5 Å². The molecule has 0 fully saturated rings. The number of anilines is 2. The van der Waals surface area contributed by atoms with Crippen molar-refractivity contribution in [2.45, 2.75) is 0 Å². The number of non-ortho nitro benzene ring substituents is 1. The third kappa shape index (κ3) is 4.89. The molecule has 0 unspecified atom stereocenters. The number of nitro benzene ring substituents is 1. The molecule has 0 aliphatic carbocycles. The van der Waals surface area contributed by atoms with Crippen LogP contribution in [0.1, 0.15) is 10.4 Å². The van der Waals surface area contributed by atoms with Crippen LogP contribution in [0.3, 0.4) is 0 Å². The van der Waals surface area contributed by atoms with Crippen molar-refractivity contribution in [1.29, 1.82) is 0 Å². The van der Waals surface area contributed by atoms with E-state index < -0.39 is 16.7 Å². The maximum absolute atomic E-state index is 12.4. The summed E-state index contributed by atoms with van der Waals surface area (Å²) < 4.78 is 5.32. The van der Waals surface area contributed by atoms with Crippen LogP contribution in [0, 0.1) is 10.1 Å². The number of carbonyl (C=O) groups is 2. The number of ether oxygens (including phenoxy) is 1. The molecular weight excluding hydrogens is 384 g/mol. The average molecular weight is 398 g/mol. The lowest BCUT2D eigenvalue weighted by atomic mass is 10.1. The van der Waals surface area contributed by atoms with Gasteiger partial charge < -0.3 is 10.1 Å². The van der Waals surface area contributed by atoms with E-state index in [0.717, 1.165) is 0 Å². The van der Waals surface area contributed by atoms with E-state index in [2.05, 4.69) is 15.6 Å². The summed E-state index contributed by atoms with van der Waals surface area (Å²) in [5.74, 6) is -0.564. The molecule has 3 aromatic rings. The lowest BCUT2D eigenvalue weighted by molar-refractivity contribution is -0.384. The molecule has 0 saturated heterocycles. The summed E-state index contributed by atoms with van der Waals surface area (Å²) in [7, 11) is 0. The first-order chi connectivity index (χ1) is 13.5. The maximum Gasteiger partial charge on any atom is 0.269 e. The molecule has 0 aliphatic rings. The van der Waals surface area contributed by atoms with Crippen molar-refractivity contribution in [1.82, 2.24) is 4.98 Å². The molecule has 0 aliphatic heterocycles. The monoisotopic (exact) mass is 398 g/mol. The van der Waals surface area contributed by atoms with Gasteiger partial charge in [-0.05, 0) is 24.3 Å². The zero-order valence-corrected chi connectivity index (χ0v) is 15.1. The van der Waals surface area contributed by atoms with Gasteiger partial charge in [0.05, 0.1) is 16.2 Å². The van der Waals surface area contributed by atoms with Crippen molar-refractivity contribution in [3.8, 4) is 5.75 Å². The molecular formula is C18H14N4O5S. The van der Waals surface area contributed by atoms with Gasteiger partial charge in [-0.2, -0.15) is 0 Å². The molecule has 2 amide bonds. The maximum atomic E-state index is 12.4. The molecule has 2 aromatic carbocycles. The van der Waals surface area contributed by atoms with E-state index in [4.69, 9.17) is 4.74 Å². The molecule has 0 bridgehead atoms. The fourth-order valence-electron chi connectivity index (χ4n) is 2.24. The van der Waals surface area contributed by atoms with E-state index in [0.29, 0.717) is 16.6 Å². The number of hydrogen-bond acceptors (Lipinski definition) is 7. The molecule has 3 rings (SSSR count). The Labute approximate surface area is 163 Å². The minimum absolute atomic E-state index is 0.0722. The Hall–Kier alpha value is -3.79. The topological polar surface area (TPSA) is 123 Å². The molecule has 0 saturated carbocycles. The predicted octanol–water partition coefficient (Wildman–Crippen LogP) is 3.32. The third-order valence-electron chi connectivity index (χ3n) is 3.52. The van der Waals surface area contributed by atoms with Gasteiger partial charge in [-0.25, -0.2) is 4.98 Å². The summed E-state index contributed by atoms with van der Waals surface area (Å²) in [6.07, 6.45) is 1.57. The summed E-state index contributed by atoms with van der Waals surface area (Å²) in [6, 6.07) is 11.9. The fraction of sp³-hybridized carbons (Fsp3) is 0.0556. The van der Waals surface area contributed by atoms with Gasteiger partial charge >= 0.3 is 0 Å². The quantitative estimate of drug-likeness (QED) is 0.465. The van der Waals surface area contributed by atoms with E-state index in [9.17, 15) is 19.7 Å². The van der Waals surface area contributed by atoms with E-state index >= 15 is 0 Å². The largest absolute Gasteiger partial charge is 0.484 e. The molecule has 10 heteroatoms. The number of aromatic nitrogens is 1. The van der Waals surface area contributed by atoms with Crippen LogP contribution < -0.4 is 15.4 Å². The van der Waals surface area contributed by atoms with Gasteiger partial charge in [0, 0.05) is 23.7 Å². The van der Waals surface area contributed by atoms with Crippen molar-refractivity contribution < 1.29 is 19.2 Å². The van der Waals surface area contributed by atoms with Gasteiger partial charge in [0.15, 0.2) is 11.7 Å². The van der Waals surface area contributed by atoms with Crippen LogP contribution in [-0.2, 0) is 4.79 Å². The van der Waals surface area contributed by atoms with Crippen molar-refractivity contribution in [2.75, 3.05) is 17.2 Å². The number of thiazole rings is 1. The summed E-state index contributed by atoms with van der Waals surface area (Å²) in [4.78, 5) is 38.7. The first-order valence-corrected chi connectivity index (χ1v) is 8.88. The highest BCUT2D eigenvalue weighted by molar-refractivity contribution is 7.13. The summed E-state index contributed by atoms with van der Waals surface area (Å²) in [5.41, 5.74) is 0.534. The third-order valence-corrected chi connectivity index (χ3v) is 4.20. The van der Waals surface area contributed by atoms with Crippen LogP contribution >= 0.6 is 11.3 Å². The first-order valence-electron chi connectivity index (χ1n) is 8.00. The normalized spacial score (nSPS) is 10.1. The molecule has 1 aromatic heterocycles. The highest BCUT2D eigenvalue weighted by Gasteiger charge is 2.14. The van der Waals surface area contributed by atoms with E-state index in [1.807, 2.05) is 0 Å². The highest BCUT2D eigenvalue weighted by atomic mass is 32.1. The van der Waals surface area contributed by atoms with Crippen molar-refractivity contribution in [2.24, 2.45) is 0 Å². The second-order valence-corrected chi connectivity index (χ2v) is 6.32. The number of nitrogens with one attached hydrogen (secondary N) is 2. The summed E-state index contributed by atoms with van der Waals surface area (Å²) in [5, 5.41) is 18.1. The Kier molecular flexibility index (Phi) is 5.92. The highest BCUT2D eigenvalue weighted by Crippen LogP contribution is 2.19. The Morgan fingerprint density at radius 1 is 1.11 bits per heavy atom. The van der Waals surface area contributed by atoms with Gasteiger partial charge in [0.1, 0.15) is 5.75 Å². The second-order valence-electron chi connectivity index (χ2n) is 5.42. The Balaban J connectivity index is 1.61. The smallest absolute Gasteiger partial charge is 0.269 e. The predicted molar refractivity (Wildman–Crippen MR) is 104 cm³/mol. The van der Waals surface area contributed by atoms with Gasteiger partial charge in [0.2, 0.25) is 0 Å². The van der Waals surface area contributed by atoms with Crippen LogP contribution in [0.2, 0.25) is 0 Å². The Bertz CT molecular complexity index is 989. The Morgan fingerprint density at radius 2 is 1.86 bits per heavy atom. The average Bonchev–Trinajstić information content (AvgIpc) is 3.20. The molecule has 142 valence electrons. The molecule has 28 heavy (non-hydrogen) atoms. The van der Waals surface area contributed by atoms with E-state index in [1.54, 1.807) is 35.8 Å². The number of nitro groups is 1. The van der Waals surface area contributed by atoms with E-state index in [-0.39, 0.29) is 17.9 Å². The summed E-state index contributed by atoms with van der Waals surface area (Å²) >= 11 is 1.28. The van der Waals surface area contributed by atoms with Crippen molar-refractivity contribution in [3.63, 3.8) is 0 Å². The van der Waals surface area contributed by atoms with Crippen LogP contribution in [0.25, 0.3) is 0 Å². The number of rotatable bonds is 7.